The van der Waals surface area contributed by atoms with E-state index in [0.717, 1.165) is 11.8 Å². The minimum atomic E-state index is -0.611. The van der Waals surface area contributed by atoms with E-state index in [-0.39, 0.29) is 11.4 Å². The van der Waals surface area contributed by atoms with Crippen LogP contribution >= 0.6 is 0 Å². The van der Waals surface area contributed by atoms with E-state index in [4.69, 9.17) is 0 Å². The summed E-state index contributed by atoms with van der Waals surface area (Å²) in [6, 6.07) is 10.5. The molecule has 0 saturated carbocycles. The van der Waals surface area contributed by atoms with Gasteiger partial charge >= 0.3 is 11.7 Å². The molecule has 25 heavy (non-hydrogen) atoms. The summed E-state index contributed by atoms with van der Waals surface area (Å²) in [7, 11) is 0. The standard InChI is InChI=1S/C16H14N6O3/c23-16(20-14-6-7-17-9-15(14)22(24)25)19-13-8-18-21(11-13)10-12-4-2-1-3-5-12/h1-9,11H,10H2,(H2,17,19,20,23). The average Bonchev–Trinajstić information content (AvgIpc) is 3.02. The number of benzene rings is 1. The number of nitro groups is 1. The number of hydrogen-bond acceptors (Lipinski definition) is 5. The zero-order valence-electron chi connectivity index (χ0n) is 13.0. The van der Waals surface area contributed by atoms with Gasteiger partial charge in [-0.05, 0) is 11.6 Å². The Balaban J connectivity index is 1.63. The number of nitrogens with zero attached hydrogens (tertiary/aromatic N) is 4. The second kappa shape index (κ2) is 7.21. The molecule has 0 saturated heterocycles. The van der Waals surface area contributed by atoms with Gasteiger partial charge in [-0.15, -0.1) is 0 Å². The van der Waals surface area contributed by atoms with Gasteiger partial charge in [-0.1, -0.05) is 30.3 Å². The van der Waals surface area contributed by atoms with Crippen LogP contribution < -0.4 is 10.6 Å². The molecule has 0 atom stereocenters. The lowest BCUT2D eigenvalue weighted by Gasteiger charge is -2.06. The van der Waals surface area contributed by atoms with Crippen molar-refractivity contribution in [2.75, 3.05) is 10.6 Å². The molecule has 3 rings (SSSR count). The molecule has 2 N–H and O–H groups in total. The zero-order valence-corrected chi connectivity index (χ0v) is 13.0. The smallest absolute Gasteiger partial charge is 0.305 e. The van der Waals surface area contributed by atoms with Crippen LogP contribution in [-0.2, 0) is 6.54 Å². The highest BCUT2D eigenvalue weighted by molar-refractivity contribution is 6.00. The third-order valence-electron chi connectivity index (χ3n) is 3.32. The summed E-state index contributed by atoms with van der Waals surface area (Å²) in [5, 5.41) is 20.1. The number of carbonyl (C=O) groups excluding carboxylic acids is 1. The van der Waals surface area contributed by atoms with Gasteiger partial charge in [0.25, 0.3) is 0 Å². The lowest BCUT2D eigenvalue weighted by molar-refractivity contribution is -0.384. The molecule has 126 valence electrons. The Morgan fingerprint density at radius 2 is 1.96 bits per heavy atom. The normalized spacial score (nSPS) is 10.2. The maximum Gasteiger partial charge on any atom is 0.323 e. The number of amides is 2. The molecule has 0 aliphatic heterocycles. The molecule has 0 bridgehead atoms. The molecule has 9 nitrogen and oxygen atoms in total. The van der Waals surface area contributed by atoms with E-state index in [1.807, 2.05) is 30.3 Å². The second-order valence-electron chi connectivity index (χ2n) is 5.14. The van der Waals surface area contributed by atoms with Crippen LogP contribution in [0.1, 0.15) is 5.56 Å². The van der Waals surface area contributed by atoms with Crippen LogP contribution in [0.25, 0.3) is 0 Å². The van der Waals surface area contributed by atoms with Crippen LogP contribution in [0.5, 0.6) is 0 Å². The van der Waals surface area contributed by atoms with E-state index in [1.165, 1.54) is 18.5 Å². The van der Waals surface area contributed by atoms with Crippen molar-refractivity contribution in [3.63, 3.8) is 0 Å². The third-order valence-corrected chi connectivity index (χ3v) is 3.32. The summed E-state index contributed by atoms with van der Waals surface area (Å²) in [6.07, 6.45) is 5.62. The molecule has 0 fully saturated rings. The molecular weight excluding hydrogens is 324 g/mol. The van der Waals surface area contributed by atoms with Crippen LogP contribution in [0.4, 0.5) is 21.9 Å². The van der Waals surface area contributed by atoms with E-state index in [2.05, 4.69) is 20.7 Å². The number of hydrogen-bond donors (Lipinski definition) is 2. The van der Waals surface area contributed by atoms with Gasteiger partial charge in [0.05, 0.1) is 23.4 Å². The third kappa shape index (κ3) is 4.16. The highest BCUT2D eigenvalue weighted by Crippen LogP contribution is 2.22. The van der Waals surface area contributed by atoms with E-state index < -0.39 is 11.0 Å². The summed E-state index contributed by atoms with van der Waals surface area (Å²) in [6.45, 7) is 0.569. The van der Waals surface area contributed by atoms with Gasteiger partial charge in [-0.3, -0.25) is 19.8 Å². The Morgan fingerprint density at radius 3 is 2.72 bits per heavy atom. The van der Waals surface area contributed by atoms with Crippen LogP contribution in [-0.4, -0.2) is 25.7 Å². The summed E-state index contributed by atoms with van der Waals surface area (Å²) in [5.74, 6) is 0. The predicted octanol–water partition coefficient (Wildman–Crippen LogP) is 2.88. The first kappa shape index (κ1) is 16.1. The van der Waals surface area contributed by atoms with Crippen molar-refractivity contribution in [2.45, 2.75) is 6.54 Å². The molecule has 0 spiro atoms. The number of carbonyl (C=O) groups is 1. The van der Waals surface area contributed by atoms with Gasteiger partial charge in [0.15, 0.2) is 0 Å². The lowest BCUT2D eigenvalue weighted by atomic mass is 10.2. The Kier molecular flexibility index (Phi) is 4.65. The number of anilines is 2. The Labute approximate surface area is 142 Å². The fourth-order valence-corrected chi connectivity index (χ4v) is 2.21. The quantitative estimate of drug-likeness (QED) is 0.548. The van der Waals surface area contributed by atoms with Crippen LogP contribution in [0.2, 0.25) is 0 Å². The van der Waals surface area contributed by atoms with E-state index in [1.54, 1.807) is 10.9 Å². The van der Waals surface area contributed by atoms with Crippen molar-refractivity contribution >= 4 is 23.1 Å². The summed E-state index contributed by atoms with van der Waals surface area (Å²) in [5.41, 5.74) is 1.34. The van der Waals surface area contributed by atoms with Crippen LogP contribution in [0.3, 0.4) is 0 Å². The lowest BCUT2D eigenvalue weighted by Crippen LogP contribution is -2.19. The second-order valence-corrected chi connectivity index (χ2v) is 5.14. The maximum atomic E-state index is 12.0. The maximum absolute atomic E-state index is 12.0. The minimum absolute atomic E-state index is 0.0641. The van der Waals surface area contributed by atoms with Gasteiger partial charge in [0, 0.05) is 12.4 Å². The first-order valence-electron chi connectivity index (χ1n) is 7.34. The summed E-state index contributed by atoms with van der Waals surface area (Å²) >= 11 is 0. The average molecular weight is 338 g/mol. The fourth-order valence-electron chi connectivity index (χ4n) is 2.21. The van der Waals surface area contributed by atoms with E-state index in [9.17, 15) is 14.9 Å². The molecular formula is C16H14N6O3. The molecule has 0 radical (unpaired) electrons. The minimum Gasteiger partial charge on any atom is -0.305 e. The molecule has 9 heteroatoms. The van der Waals surface area contributed by atoms with Crippen LogP contribution in [0.15, 0.2) is 61.2 Å². The van der Waals surface area contributed by atoms with Gasteiger partial charge in [-0.2, -0.15) is 5.10 Å². The molecule has 0 aliphatic rings. The monoisotopic (exact) mass is 338 g/mol. The molecule has 2 amide bonds. The highest BCUT2D eigenvalue weighted by atomic mass is 16.6. The molecule has 2 aromatic heterocycles. The number of aromatic nitrogens is 3. The van der Waals surface area contributed by atoms with Crippen molar-refractivity contribution in [2.24, 2.45) is 0 Å². The Morgan fingerprint density at radius 1 is 1.16 bits per heavy atom. The molecule has 0 unspecified atom stereocenters. The first-order valence-corrected chi connectivity index (χ1v) is 7.34. The largest absolute Gasteiger partial charge is 0.323 e. The number of rotatable bonds is 5. The van der Waals surface area contributed by atoms with Gasteiger partial charge in [0.2, 0.25) is 0 Å². The molecule has 3 aromatic rings. The summed E-state index contributed by atoms with van der Waals surface area (Å²) < 4.78 is 1.68. The van der Waals surface area contributed by atoms with Crippen molar-refractivity contribution in [3.8, 4) is 0 Å². The van der Waals surface area contributed by atoms with Gasteiger partial charge in [-0.25, -0.2) is 4.79 Å². The fraction of sp³-hybridized carbons (Fsp3) is 0.0625. The van der Waals surface area contributed by atoms with Crippen LogP contribution in [0, 0.1) is 10.1 Å². The Bertz CT molecular complexity index is 894. The molecule has 1 aromatic carbocycles. The van der Waals surface area contributed by atoms with Gasteiger partial charge in [0.1, 0.15) is 11.9 Å². The van der Waals surface area contributed by atoms with E-state index in [0.29, 0.717) is 12.2 Å². The highest BCUT2D eigenvalue weighted by Gasteiger charge is 2.15. The number of urea groups is 1. The molecule has 2 heterocycles. The first-order chi connectivity index (χ1) is 12.1. The number of pyridine rings is 1. The van der Waals surface area contributed by atoms with Gasteiger partial charge < -0.3 is 10.6 Å². The SMILES string of the molecule is O=C(Nc1cnn(Cc2ccccc2)c1)Nc1ccncc1[N+](=O)[O-]. The number of nitrogens with one attached hydrogen (secondary N) is 2. The topological polar surface area (TPSA) is 115 Å². The van der Waals surface area contributed by atoms with Crippen molar-refractivity contribution < 1.29 is 9.72 Å². The van der Waals surface area contributed by atoms with Crippen molar-refractivity contribution in [3.05, 3.63) is 76.9 Å². The Hall–Kier alpha value is -3.75. The molecule has 0 aliphatic carbocycles. The van der Waals surface area contributed by atoms with Crippen molar-refractivity contribution in [1.29, 1.82) is 0 Å². The van der Waals surface area contributed by atoms with E-state index >= 15 is 0 Å². The summed E-state index contributed by atoms with van der Waals surface area (Å²) in [4.78, 5) is 26.0. The van der Waals surface area contributed by atoms with Crippen molar-refractivity contribution in [1.82, 2.24) is 14.8 Å². The predicted molar refractivity (Wildman–Crippen MR) is 91.3 cm³/mol. The zero-order chi connectivity index (χ0) is 17.6.